The lowest BCUT2D eigenvalue weighted by Crippen LogP contribution is -2.06. The summed E-state index contributed by atoms with van der Waals surface area (Å²) in [5.74, 6) is 0.611. The smallest absolute Gasteiger partial charge is 0.138 e. The van der Waals surface area contributed by atoms with E-state index in [0.29, 0.717) is 17.4 Å². The van der Waals surface area contributed by atoms with Gasteiger partial charge < -0.3 is 9.84 Å². The molecule has 5 heteroatoms. The Kier molecular flexibility index (Phi) is 4.45. The maximum Gasteiger partial charge on any atom is 0.138 e. The Morgan fingerprint density at radius 3 is 2.79 bits per heavy atom. The molecular formula is C14H17ClN2O2. The topological polar surface area (TPSA) is 47.3 Å². The molecule has 2 rings (SSSR count). The number of aliphatic hydroxyl groups excluding tert-OH is 1. The van der Waals surface area contributed by atoms with Crippen molar-refractivity contribution in [3.05, 3.63) is 46.2 Å². The molecule has 1 aromatic heterocycles. The Hall–Kier alpha value is -1.52. The van der Waals surface area contributed by atoms with Gasteiger partial charge in [0.2, 0.25) is 0 Å². The van der Waals surface area contributed by atoms with Crippen LogP contribution in [0.15, 0.2) is 24.3 Å². The van der Waals surface area contributed by atoms with E-state index < -0.39 is 0 Å². The first-order valence-corrected chi connectivity index (χ1v) is 6.57. The molecule has 0 unspecified atom stereocenters. The van der Waals surface area contributed by atoms with E-state index in [2.05, 4.69) is 5.10 Å². The van der Waals surface area contributed by atoms with Crippen molar-refractivity contribution in [1.82, 2.24) is 9.78 Å². The van der Waals surface area contributed by atoms with Gasteiger partial charge in [0.1, 0.15) is 12.4 Å². The zero-order valence-corrected chi connectivity index (χ0v) is 11.8. The molecule has 0 atom stereocenters. The number of hydrogen-bond acceptors (Lipinski definition) is 3. The summed E-state index contributed by atoms with van der Waals surface area (Å²) in [6.07, 6.45) is 0. The molecule has 1 heterocycles. The zero-order chi connectivity index (χ0) is 13.8. The van der Waals surface area contributed by atoms with Gasteiger partial charge in [-0.25, -0.2) is 0 Å². The lowest BCUT2D eigenvalue weighted by Gasteiger charge is -2.10. The fourth-order valence-electron chi connectivity index (χ4n) is 1.90. The first-order chi connectivity index (χ1) is 9.13. The summed E-state index contributed by atoms with van der Waals surface area (Å²) in [4.78, 5) is 0. The van der Waals surface area contributed by atoms with Crippen molar-refractivity contribution >= 4 is 11.6 Å². The average molecular weight is 281 g/mol. The SMILES string of the molecule is CCn1nc(C)cc1COc1ccc(CO)cc1Cl. The highest BCUT2D eigenvalue weighted by molar-refractivity contribution is 6.32. The summed E-state index contributed by atoms with van der Waals surface area (Å²) >= 11 is 6.09. The minimum absolute atomic E-state index is 0.0260. The number of aromatic nitrogens is 2. The van der Waals surface area contributed by atoms with Crippen LogP contribution in [0.4, 0.5) is 0 Å². The first-order valence-electron chi connectivity index (χ1n) is 6.19. The molecule has 0 aliphatic carbocycles. The van der Waals surface area contributed by atoms with E-state index in [0.717, 1.165) is 23.5 Å². The Bertz CT molecular complexity index is 567. The van der Waals surface area contributed by atoms with Crippen molar-refractivity contribution in [3.63, 3.8) is 0 Å². The molecule has 0 saturated heterocycles. The number of benzene rings is 1. The van der Waals surface area contributed by atoms with Gasteiger partial charge >= 0.3 is 0 Å². The van der Waals surface area contributed by atoms with Crippen LogP contribution in [-0.4, -0.2) is 14.9 Å². The molecule has 0 bridgehead atoms. The van der Waals surface area contributed by atoms with Gasteiger partial charge in [-0.2, -0.15) is 5.10 Å². The predicted molar refractivity (Wildman–Crippen MR) is 74.3 cm³/mol. The Labute approximate surface area is 117 Å². The van der Waals surface area contributed by atoms with Gasteiger partial charge in [0, 0.05) is 6.54 Å². The second-order valence-corrected chi connectivity index (χ2v) is 4.71. The lowest BCUT2D eigenvalue weighted by molar-refractivity contribution is 0.280. The first kappa shape index (κ1) is 13.9. The molecule has 0 radical (unpaired) electrons. The fourth-order valence-corrected chi connectivity index (χ4v) is 2.16. The monoisotopic (exact) mass is 280 g/mol. The Morgan fingerprint density at radius 1 is 1.37 bits per heavy atom. The largest absolute Gasteiger partial charge is 0.486 e. The van der Waals surface area contributed by atoms with Crippen LogP contribution in [0.25, 0.3) is 0 Å². The number of nitrogens with zero attached hydrogens (tertiary/aromatic N) is 2. The molecule has 102 valence electrons. The van der Waals surface area contributed by atoms with E-state index in [1.165, 1.54) is 0 Å². The van der Waals surface area contributed by atoms with Crippen LogP contribution in [0, 0.1) is 6.92 Å². The van der Waals surface area contributed by atoms with Gasteiger partial charge in [0.15, 0.2) is 0 Å². The van der Waals surface area contributed by atoms with Crippen molar-refractivity contribution in [2.45, 2.75) is 33.6 Å². The summed E-state index contributed by atoms with van der Waals surface area (Å²) in [5, 5.41) is 13.9. The Balaban J connectivity index is 2.09. The van der Waals surface area contributed by atoms with Crippen LogP contribution in [0.3, 0.4) is 0 Å². The normalized spacial score (nSPS) is 10.7. The molecule has 2 aromatic rings. The summed E-state index contributed by atoms with van der Waals surface area (Å²) in [6.45, 7) is 5.20. The third kappa shape index (κ3) is 3.28. The third-order valence-electron chi connectivity index (χ3n) is 2.84. The summed E-state index contributed by atoms with van der Waals surface area (Å²) in [5.41, 5.74) is 2.76. The number of rotatable bonds is 5. The van der Waals surface area contributed by atoms with Gasteiger partial charge in [0.05, 0.1) is 23.0 Å². The summed E-state index contributed by atoms with van der Waals surface area (Å²) in [7, 11) is 0. The Morgan fingerprint density at radius 2 is 2.16 bits per heavy atom. The van der Waals surface area contributed by atoms with E-state index in [4.69, 9.17) is 21.4 Å². The van der Waals surface area contributed by atoms with E-state index in [1.807, 2.05) is 24.6 Å². The quantitative estimate of drug-likeness (QED) is 0.916. The fraction of sp³-hybridized carbons (Fsp3) is 0.357. The van der Waals surface area contributed by atoms with Crippen molar-refractivity contribution < 1.29 is 9.84 Å². The molecule has 0 spiro atoms. The van der Waals surface area contributed by atoms with E-state index in [-0.39, 0.29) is 6.61 Å². The molecule has 0 amide bonds. The second kappa shape index (κ2) is 6.08. The highest BCUT2D eigenvalue weighted by atomic mass is 35.5. The van der Waals surface area contributed by atoms with E-state index in [9.17, 15) is 0 Å². The highest BCUT2D eigenvalue weighted by Crippen LogP contribution is 2.26. The minimum atomic E-state index is -0.0260. The molecule has 0 aliphatic heterocycles. The minimum Gasteiger partial charge on any atom is -0.486 e. The number of ether oxygens (including phenoxy) is 1. The standard InChI is InChI=1S/C14H17ClN2O2/c1-3-17-12(6-10(2)16-17)9-19-14-5-4-11(8-18)7-13(14)15/h4-7,18H,3,8-9H2,1-2H3. The molecule has 0 saturated carbocycles. The van der Waals surface area contributed by atoms with Crippen molar-refractivity contribution in [3.8, 4) is 5.75 Å². The van der Waals surface area contributed by atoms with E-state index in [1.54, 1.807) is 18.2 Å². The van der Waals surface area contributed by atoms with Crippen molar-refractivity contribution in [1.29, 1.82) is 0 Å². The van der Waals surface area contributed by atoms with Gasteiger partial charge in [-0.15, -0.1) is 0 Å². The third-order valence-corrected chi connectivity index (χ3v) is 3.13. The average Bonchev–Trinajstić information content (AvgIpc) is 2.77. The summed E-state index contributed by atoms with van der Waals surface area (Å²) < 4.78 is 7.61. The van der Waals surface area contributed by atoms with Crippen molar-refractivity contribution in [2.75, 3.05) is 0 Å². The van der Waals surface area contributed by atoms with Crippen LogP contribution in [-0.2, 0) is 19.8 Å². The van der Waals surface area contributed by atoms with Gasteiger partial charge in [-0.3, -0.25) is 4.68 Å². The molecule has 0 fully saturated rings. The maximum absolute atomic E-state index is 9.02. The second-order valence-electron chi connectivity index (χ2n) is 4.30. The molecule has 1 aromatic carbocycles. The number of aryl methyl sites for hydroxylation is 2. The van der Waals surface area contributed by atoms with Crippen LogP contribution in [0.2, 0.25) is 5.02 Å². The van der Waals surface area contributed by atoms with Crippen LogP contribution in [0.1, 0.15) is 23.9 Å². The van der Waals surface area contributed by atoms with E-state index >= 15 is 0 Å². The molecule has 19 heavy (non-hydrogen) atoms. The molecule has 1 N–H and O–H groups in total. The van der Waals surface area contributed by atoms with Crippen LogP contribution >= 0.6 is 11.6 Å². The number of halogens is 1. The van der Waals surface area contributed by atoms with Crippen molar-refractivity contribution in [2.24, 2.45) is 0 Å². The maximum atomic E-state index is 9.02. The predicted octanol–water partition coefficient (Wildman–Crippen LogP) is 2.94. The summed E-state index contributed by atoms with van der Waals surface area (Å²) in [6, 6.07) is 7.27. The number of hydrogen-bond donors (Lipinski definition) is 1. The zero-order valence-electron chi connectivity index (χ0n) is 11.1. The molecular weight excluding hydrogens is 264 g/mol. The highest BCUT2D eigenvalue weighted by Gasteiger charge is 2.07. The lowest BCUT2D eigenvalue weighted by atomic mass is 10.2. The molecule has 4 nitrogen and oxygen atoms in total. The van der Waals surface area contributed by atoms with Gasteiger partial charge in [-0.05, 0) is 37.6 Å². The molecule has 0 aliphatic rings. The van der Waals surface area contributed by atoms with Crippen LogP contribution < -0.4 is 4.74 Å². The van der Waals surface area contributed by atoms with Gasteiger partial charge in [0.25, 0.3) is 0 Å². The number of aliphatic hydroxyl groups is 1. The van der Waals surface area contributed by atoms with Gasteiger partial charge in [-0.1, -0.05) is 17.7 Å². The van der Waals surface area contributed by atoms with Crippen LogP contribution in [0.5, 0.6) is 5.75 Å².